The van der Waals surface area contributed by atoms with Crippen molar-refractivity contribution in [3.8, 4) is 12.1 Å². The van der Waals surface area contributed by atoms with E-state index in [-0.39, 0.29) is 18.5 Å². The first-order valence-electron chi connectivity index (χ1n) is 10.6. The van der Waals surface area contributed by atoms with Gasteiger partial charge >= 0.3 is 12.1 Å². The van der Waals surface area contributed by atoms with Gasteiger partial charge in [-0.15, -0.1) is 0 Å². The van der Waals surface area contributed by atoms with Crippen molar-refractivity contribution in [2.24, 2.45) is 0 Å². The van der Waals surface area contributed by atoms with Gasteiger partial charge in [0.2, 0.25) is 0 Å². The number of fused-ring (bicyclic) bond motifs is 1. The summed E-state index contributed by atoms with van der Waals surface area (Å²) >= 11 is 0. The van der Waals surface area contributed by atoms with Crippen LogP contribution in [-0.2, 0) is 13.0 Å². The third-order valence-corrected chi connectivity index (χ3v) is 6.29. The molecule has 2 saturated heterocycles. The highest BCUT2D eigenvalue weighted by Gasteiger charge is 2.34. The van der Waals surface area contributed by atoms with Gasteiger partial charge in [0.25, 0.3) is 0 Å². The Kier molecular flexibility index (Phi) is 6.38. The van der Waals surface area contributed by atoms with Gasteiger partial charge in [0, 0.05) is 44.3 Å². The Hall–Kier alpha value is -2.71. The van der Waals surface area contributed by atoms with E-state index in [1.165, 1.54) is 4.90 Å². The van der Waals surface area contributed by atoms with E-state index in [1.54, 1.807) is 0 Å². The SMILES string of the molecule is CN1C[C@H](F)C[C@@H]1COc1nc2c(c(N3CCN(C(=O)O)[C@@H](CC#N)C3)n1)CCNC2. The minimum atomic E-state index is -1.01. The maximum atomic E-state index is 13.7. The highest BCUT2D eigenvalue weighted by molar-refractivity contribution is 5.66. The minimum absolute atomic E-state index is 0.0182. The van der Waals surface area contributed by atoms with Gasteiger partial charge in [-0.25, -0.2) is 9.18 Å². The normalized spacial score (nSPS) is 26.4. The van der Waals surface area contributed by atoms with Crippen LogP contribution in [0.3, 0.4) is 0 Å². The number of nitriles is 1. The van der Waals surface area contributed by atoms with Crippen LogP contribution in [0.25, 0.3) is 0 Å². The van der Waals surface area contributed by atoms with Crippen LogP contribution < -0.4 is 15.0 Å². The molecule has 11 heteroatoms. The van der Waals surface area contributed by atoms with Gasteiger partial charge in [0.1, 0.15) is 18.6 Å². The summed E-state index contributed by atoms with van der Waals surface area (Å²) in [6.07, 6.45) is -0.528. The van der Waals surface area contributed by atoms with Crippen LogP contribution in [0.4, 0.5) is 15.0 Å². The molecule has 0 unspecified atom stereocenters. The first-order chi connectivity index (χ1) is 15.0. The van der Waals surface area contributed by atoms with E-state index in [0.29, 0.717) is 45.8 Å². The first kappa shape index (κ1) is 21.5. The monoisotopic (exact) mass is 433 g/mol. The Balaban J connectivity index is 1.55. The third kappa shape index (κ3) is 4.65. The predicted octanol–water partition coefficient (Wildman–Crippen LogP) is 0.626. The molecular formula is C20H28FN7O3. The van der Waals surface area contributed by atoms with Crippen LogP contribution in [0.1, 0.15) is 24.1 Å². The number of carbonyl (C=O) groups is 1. The number of carboxylic acid groups (broad SMARTS) is 1. The summed E-state index contributed by atoms with van der Waals surface area (Å²) in [5.74, 6) is 0.748. The lowest BCUT2D eigenvalue weighted by Gasteiger charge is -2.40. The number of nitrogens with one attached hydrogen (secondary N) is 1. The quantitative estimate of drug-likeness (QED) is 0.689. The summed E-state index contributed by atoms with van der Waals surface area (Å²) in [6.45, 7) is 3.32. The van der Waals surface area contributed by atoms with Gasteiger partial charge in [-0.3, -0.25) is 4.90 Å². The number of nitrogens with zero attached hydrogens (tertiary/aromatic N) is 6. The van der Waals surface area contributed by atoms with Crippen molar-refractivity contribution in [2.45, 2.75) is 44.1 Å². The molecule has 10 nitrogen and oxygen atoms in total. The zero-order chi connectivity index (χ0) is 22.0. The van der Waals surface area contributed by atoms with Gasteiger partial charge < -0.3 is 25.0 Å². The number of halogens is 1. The van der Waals surface area contributed by atoms with E-state index < -0.39 is 18.3 Å². The molecule has 3 aliphatic heterocycles. The maximum absolute atomic E-state index is 13.7. The van der Waals surface area contributed by atoms with E-state index in [4.69, 9.17) is 10.00 Å². The molecule has 1 aromatic rings. The van der Waals surface area contributed by atoms with E-state index in [1.807, 2.05) is 16.8 Å². The van der Waals surface area contributed by atoms with Gasteiger partial charge in [0.15, 0.2) is 0 Å². The number of anilines is 1. The topological polar surface area (TPSA) is 118 Å². The van der Waals surface area contributed by atoms with Gasteiger partial charge in [-0.1, -0.05) is 0 Å². The predicted molar refractivity (Wildman–Crippen MR) is 110 cm³/mol. The van der Waals surface area contributed by atoms with Gasteiger partial charge in [-0.2, -0.15) is 15.2 Å². The Bertz CT molecular complexity index is 864. The molecule has 2 fully saturated rings. The largest absolute Gasteiger partial charge is 0.465 e. The third-order valence-electron chi connectivity index (χ3n) is 6.29. The fourth-order valence-electron chi connectivity index (χ4n) is 4.60. The lowest BCUT2D eigenvalue weighted by molar-refractivity contribution is 0.119. The summed E-state index contributed by atoms with van der Waals surface area (Å²) in [4.78, 5) is 26.1. The zero-order valence-corrected chi connectivity index (χ0v) is 17.6. The number of likely N-dealkylation sites (tertiary alicyclic amines) is 1. The summed E-state index contributed by atoms with van der Waals surface area (Å²) in [5, 5.41) is 21.9. The highest BCUT2D eigenvalue weighted by Crippen LogP contribution is 2.29. The molecule has 1 amide bonds. The molecule has 4 rings (SSSR count). The minimum Gasteiger partial charge on any atom is -0.465 e. The second-order valence-electron chi connectivity index (χ2n) is 8.36. The van der Waals surface area contributed by atoms with Crippen molar-refractivity contribution in [1.29, 1.82) is 5.26 Å². The van der Waals surface area contributed by atoms with Crippen molar-refractivity contribution in [1.82, 2.24) is 25.1 Å². The van der Waals surface area contributed by atoms with Crippen molar-refractivity contribution >= 4 is 11.9 Å². The molecule has 4 heterocycles. The molecule has 3 aliphatic rings. The number of ether oxygens (including phenoxy) is 1. The van der Waals surface area contributed by atoms with E-state index in [2.05, 4.69) is 21.4 Å². The molecule has 3 atom stereocenters. The number of aromatic nitrogens is 2. The average Bonchev–Trinajstić information content (AvgIpc) is 3.08. The van der Waals surface area contributed by atoms with E-state index >= 15 is 0 Å². The van der Waals surface area contributed by atoms with Crippen molar-refractivity contribution in [3.05, 3.63) is 11.3 Å². The summed E-state index contributed by atoms with van der Waals surface area (Å²) in [6, 6.07) is 1.91. The van der Waals surface area contributed by atoms with Crippen LogP contribution >= 0.6 is 0 Å². The Morgan fingerprint density at radius 1 is 1.35 bits per heavy atom. The van der Waals surface area contributed by atoms with Crippen molar-refractivity contribution in [3.63, 3.8) is 0 Å². The van der Waals surface area contributed by atoms with Crippen molar-refractivity contribution in [2.75, 3.05) is 51.3 Å². The van der Waals surface area contributed by atoms with Crippen LogP contribution in [-0.4, -0.2) is 95.6 Å². The molecule has 1 aromatic heterocycles. The number of likely N-dealkylation sites (N-methyl/N-ethyl adjacent to an activating group) is 1. The molecule has 168 valence electrons. The highest BCUT2D eigenvalue weighted by atomic mass is 19.1. The van der Waals surface area contributed by atoms with Crippen molar-refractivity contribution < 1.29 is 19.0 Å². The second kappa shape index (κ2) is 9.20. The number of hydrogen-bond donors (Lipinski definition) is 2. The van der Waals surface area contributed by atoms with Crippen LogP contribution in [0.5, 0.6) is 6.01 Å². The fourth-order valence-corrected chi connectivity index (χ4v) is 4.60. The van der Waals surface area contributed by atoms with E-state index in [0.717, 1.165) is 30.0 Å². The molecule has 0 radical (unpaired) electrons. The standard InChI is InChI=1S/C20H28FN7O3/c1-26-10-13(21)8-15(26)12-31-19-24-17-9-23-5-3-16(17)18(25-19)27-6-7-28(20(29)30)14(11-27)2-4-22/h13-15,23H,2-3,5-12H2,1H3,(H,29,30)/t13-,14+,15-/m1/s1. The fraction of sp³-hybridized carbons (Fsp3) is 0.700. The first-order valence-corrected chi connectivity index (χ1v) is 10.6. The van der Waals surface area contributed by atoms with Crippen LogP contribution in [0.2, 0.25) is 0 Å². The zero-order valence-electron chi connectivity index (χ0n) is 17.6. The summed E-state index contributed by atoms with van der Waals surface area (Å²) in [5.41, 5.74) is 1.90. The molecular weight excluding hydrogens is 405 g/mol. The lowest BCUT2D eigenvalue weighted by atomic mass is 10.0. The number of amides is 1. The smallest absolute Gasteiger partial charge is 0.407 e. The molecule has 2 N–H and O–H groups in total. The number of piperazine rings is 1. The maximum Gasteiger partial charge on any atom is 0.407 e. The molecule has 0 aliphatic carbocycles. The molecule has 0 saturated carbocycles. The summed E-state index contributed by atoms with van der Waals surface area (Å²) < 4.78 is 19.6. The second-order valence-corrected chi connectivity index (χ2v) is 8.36. The van der Waals surface area contributed by atoms with Gasteiger partial charge in [0.05, 0.1) is 24.2 Å². The van der Waals surface area contributed by atoms with Crippen LogP contribution in [0.15, 0.2) is 0 Å². The molecule has 0 aromatic carbocycles. The molecule has 31 heavy (non-hydrogen) atoms. The Morgan fingerprint density at radius 2 is 2.19 bits per heavy atom. The average molecular weight is 433 g/mol. The van der Waals surface area contributed by atoms with Gasteiger partial charge in [-0.05, 0) is 26.4 Å². The Morgan fingerprint density at radius 3 is 2.90 bits per heavy atom. The van der Waals surface area contributed by atoms with E-state index in [9.17, 15) is 14.3 Å². The number of alkyl halides is 1. The van der Waals surface area contributed by atoms with Crippen LogP contribution in [0, 0.1) is 11.3 Å². The Labute approximate surface area is 180 Å². The number of hydrogen-bond acceptors (Lipinski definition) is 8. The lowest BCUT2D eigenvalue weighted by Crippen LogP contribution is -2.55. The molecule has 0 bridgehead atoms. The number of rotatable bonds is 5. The molecule has 0 spiro atoms. The summed E-state index contributed by atoms with van der Waals surface area (Å²) in [7, 11) is 1.88.